The number of aldehydes is 1. The van der Waals surface area contributed by atoms with E-state index in [2.05, 4.69) is 10.3 Å². The topological polar surface area (TPSA) is 57.0 Å². The van der Waals surface area contributed by atoms with Gasteiger partial charge in [0.05, 0.1) is 18.5 Å². The third kappa shape index (κ3) is 2.08. The largest absolute Gasteiger partial charge is 0.494 e. The summed E-state index contributed by atoms with van der Waals surface area (Å²) in [5, 5.41) is 7.53. The fourth-order valence-electron chi connectivity index (χ4n) is 1.34. The molecule has 1 heterocycles. The lowest BCUT2D eigenvalue weighted by atomic mass is 10.3. The molecule has 0 radical (unpaired) electrons. The summed E-state index contributed by atoms with van der Waals surface area (Å²) < 4.78 is 6.90. The molecule has 0 fully saturated rings. The number of benzene rings is 1. The van der Waals surface area contributed by atoms with Crippen molar-refractivity contribution in [2.24, 2.45) is 0 Å². The van der Waals surface area contributed by atoms with Gasteiger partial charge >= 0.3 is 0 Å². The Morgan fingerprint density at radius 2 is 2.38 bits per heavy atom. The van der Waals surface area contributed by atoms with Gasteiger partial charge in [0, 0.05) is 6.07 Å². The maximum absolute atomic E-state index is 10.5. The number of nitrogens with zero attached hydrogens (tertiary/aromatic N) is 3. The molecule has 0 bridgehead atoms. The van der Waals surface area contributed by atoms with Crippen LogP contribution in [0.1, 0.15) is 17.4 Å². The highest BCUT2D eigenvalue weighted by molar-refractivity contribution is 5.70. The quantitative estimate of drug-likeness (QED) is 0.728. The number of rotatable bonds is 4. The number of hydrogen-bond donors (Lipinski definition) is 0. The van der Waals surface area contributed by atoms with Crippen molar-refractivity contribution < 1.29 is 9.53 Å². The van der Waals surface area contributed by atoms with Crippen LogP contribution in [-0.2, 0) is 0 Å². The van der Waals surface area contributed by atoms with Crippen molar-refractivity contribution in [1.29, 1.82) is 0 Å². The van der Waals surface area contributed by atoms with Crippen LogP contribution < -0.4 is 4.74 Å². The molecular weight excluding hydrogens is 206 g/mol. The Morgan fingerprint density at radius 1 is 1.50 bits per heavy atom. The Kier molecular flexibility index (Phi) is 2.95. The molecule has 0 unspecified atom stereocenters. The van der Waals surface area contributed by atoms with Crippen LogP contribution in [-0.4, -0.2) is 27.9 Å². The van der Waals surface area contributed by atoms with Crippen LogP contribution in [0.3, 0.4) is 0 Å². The van der Waals surface area contributed by atoms with Gasteiger partial charge in [-0.15, -0.1) is 5.10 Å². The average Bonchev–Trinajstić information content (AvgIpc) is 2.78. The molecule has 82 valence electrons. The van der Waals surface area contributed by atoms with Gasteiger partial charge in [-0.1, -0.05) is 11.3 Å². The van der Waals surface area contributed by atoms with Crippen LogP contribution in [0.5, 0.6) is 5.75 Å². The molecular formula is C11H11N3O2. The Hall–Kier alpha value is -2.17. The van der Waals surface area contributed by atoms with Crippen LogP contribution in [0, 0.1) is 0 Å². The van der Waals surface area contributed by atoms with Gasteiger partial charge in [-0.25, -0.2) is 4.68 Å². The Morgan fingerprint density at radius 3 is 3.06 bits per heavy atom. The molecule has 5 heteroatoms. The van der Waals surface area contributed by atoms with E-state index in [1.54, 1.807) is 6.20 Å². The SMILES string of the molecule is CCOc1cccc(-n2cc(C=O)nn2)c1. The molecule has 0 aliphatic heterocycles. The molecule has 5 nitrogen and oxygen atoms in total. The molecule has 1 aromatic heterocycles. The predicted molar refractivity (Wildman–Crippen MR) is 57.9 cm³/mol. The van der Waals surface area contributed by atoms with Gasteiger partial charge in [0.2, 0.25) is 0 Å². The zero-order valence-electron chi connectivity index (χ0n) is 8.83. The summed E-state index contributed by atoms with van der Waals surface area (Å²) in [5.74, 6) is 0.767. The third-order valence-electron chi connectivity index (χ3n) is 2.03. The van der Waals surface area contributed by atoms with Crippen molar-refractivity contribution in [3.63, 3.8) is 0 Å². The molecule has 0 saturated heterocycles. The molecule has 2 aromatic rings. The van der Waals surface area contributed by atoms with E-state index in [0.29, 0.717) is 18.6 Å². The second-order valence-corrected chi connectivity index (χ2v) is 3.14. The van der Waals surface area contributed by atoms with E-state index in [-0.39, 0.29) is 0 Å². The molecule has 0 aliphatic rings. The minimum atomic E-state index is 0.307. The lowest BCUT2D eigenvalue weighted by molar-refractivity contribution is 0.111. The van der Waals surface area contributed by atoms with Crippen molar-refractivity contribution >= 4 is 6.29 Å². The van der Waals surface area contributed by atoms with Crippen molar-refractivity contribution in [3.8, 4) is 11.4 Å². The molecule has 0 amide bonds. The van der Waals surface area contributed by atoms with Crippen LogP contribution in [0.4, 0.5) is 0 Å². The molecule has 0 spiro atoms. The molecule has 1 aromatic carbocycles. The Labute approximate surface area is 92.7 Å². The van der Waals surface area contributed by atoms with Crippen molar-refractivity contribution in [1.82, 2.24) is 15.0 Å². The lowest BCUT2D eigenvalue weighted by Gasteiger charge is -2.04. The number of ether oxygens (including phenoxy) is 1. The van der Waals surface area contributed by atoms with Crippen molar-refractivity contribution in [2.75, 3.05) is 6.61 Å². The minimum Gasteiger partial charge on any atom is -0.494 e. The smallest absolute Gasteiger partial charge is 0.171 e. The summed E-state index contributed by atoms with van der Waals surface area (Å²) in [5.41, 5.74) is 1.12. The lowest BCUT2D eigenvalue weighted by Crippen LogP contribution is -1.97. The Balaban J connectivity index is 2.32. The van der Waals surface area contributed by atoms with Crippen molar-refractivity contribution in [2.45, 2.75) is 6.92 Å². The highest BCUT2D eigenvalue weighted by Gasteiger charge is 2.02. The van der Waals surface area contributed by atoms with Gasteiger partial charge in [-0.3, -0.25) is 4.79 Å². The van der Waals surface area contributed by atoms with E-state index in [4.69, 9.17) is 4.74 Å². The van der Waals surface area contributed by atoms with Gasteiger partial charge in [-0.2, -0.15) is 0 Å². The summed E-state index contributed by atoms with van der Waals surface area (Å²) in [7, 11) is 0. The fraction of sp³-hybridized carbons (Fsp3) is 0.182. The molecule has 0 aliphatic carbocycles. The van der Waals surface area contributed by atoms with Crippen molar-refractivity contribution in [3.05, 3.63) is 36.2 Å². The normalized spacial score (nSPS) is 10.1. The van der Waals surface area contributed by atoms with Gasteiger partial charge in [0.1, 0.15) is 11.4 Å². The maximum Gasteiger partial charge on any atom is 0.171 e. The number of aromatic nitrogens is 3. The summed E-state index contributed by atoms with van der Waals surface area (Å²) in [6.07, 6.45) is 2.23. The van der Waals surface area contributed by atoms with Crippen LogP contribution in [0.2, 0.25) is 0 Å². The van der Waals surface area contributed by atoms with Crippen LogP contribution >= 0.6 is 0 Å². The first-order chi connectivity index (χ1) is 7.83. The maximum atomic E-state index is 10.5. The second-order valence-electron chi connectivity index (χ2n) is 3.14. The zero-order valence-corrected chi connectivity index (χ0v) is 8.83. The molecule has 0 N–H and O–H groups in total. The predicted octanol–water partition coefficient (Wildman–Crippen LogP) is 1.48. The number of carbonyl (C=O) groups is 1. The summed E-state index contributed by atoms with van der Waals surface area (Å²) in [6, 6.07) is 7.44. The highest BCUT2D eigenvalue weighted by atomic mass is 16.5. The van der Waals surface area contributed by atoms with Crippen LogP contribution in [0.15, 0.2) is 30.5 Å². The third-order valence-corrected chi connectivity index (χ3v) is 2.03. The van der Waals surface area contributed by atoms with E-state index in [1.807, 2.05) is 31.2 Å². The average molecular weight is 217 g/mol. The summed E-state index contributed by atoms with van der Waals surface area (Å²) in [6.45, 7) is 2.53. The van der Waals surface area contributed by atoms with E-state index < -0.39 is 0 Å². The van der Waals surface area contributed by atoms with E-state index in [9.17, 15) is 4.79 Å². The number of carbonyl (C=O) groups excluding carboxylic acids is 1. The Bertz CT molecular complexity index is 493. The van der Waals surface area contributed by atoms with Gasteiger partial charge in [-0.05, 0) is 19.1 Å². The minimum absolute atomic E-state index is 0.307. The van der Waals surface area contributed by atoms with Gasteiger partial charge in [0.15, 0.2) is 6.29 Å². The summed E-state index contributed by atoms with van der Waals surface area (Å²) in [4.78, 5) is 10.5. The highest BCUT2D eigenvalue weighted by Crippen LogP contribution is 2.15. The molecule has 0 atom stereocenters. The zero-order chi connectivity index (χ0) is 11.4. The van der Waals surface area contributed by atoms with Crippen LogP contribution in [0.25, 0.3) is 5.69 Å². The number of hydrogen-bond acceptors (Lipinski definition) is 4. The molecule has 16 heavy (non-hydrogen) atoms. The monoisotopic (exact) mass is 217 g/mol. The fourth-order valence-corrected chi connectivity index (χ4v) is 1.34. The molecule has 2 rings (SSSR count). The van der Waals surface area contributed by atoms with E-state index in [0.717, 1.165) is 11.4 Å². The molecule has 0 saturated carbocycles. The van der Waals surface area contributed by atoms with Gasteiger partial charge < -0.3 is 4.74 Å². The van der Waals surface area contributed by atoms with Gasteiger partial charge in [0.25, 0.3) is 0 Å². The summed E-state index contributed by atoms with van der Waals surface area (Å²) >= 11 is 0. The van der Waals surface area contributed by atoms with E-state index in [1.165, 1.54) is 4.68 Å². The first kappa shape index (κ1) is 10.4. The van der Waals surface area contributed by atoms with E-state index >= 15 is 0 Å². The second kappa shape index (κ2) is 4.57. The standard InChI is InChI=1S/C11H11N3O2/c1-2-16-11-5-3-4-10(6-11)14-7-9(8-15)12-13-14/h3-8H,2H2,1H3. The first-order valence-electron chi connectivity index (χ1n) is 4.94. The first-order valence-corrected chi connectivity index (χ1v) is 4.94.